The van der Waals surface area contributed by atoms with Crippen LogP contribution in [0.2, 0.25) is 0 Å². The Hall–Kier alpha value is -2.43. The molecule has 1 saturated carbocycles. The van der Waals surface area contributed by atoms with E-state index in [0.717, 1.165) is 37.4 Å². The van der Waals surface area contributed by atoms with Gasteiger partial charge in [0.15, 0.2) is 0 Å². The van der Waals surface area contributed by atoms with Gasteiger partial charge < -0.3 is 9.64 Å². The second kappa shape index (κ2) is 6.23. The lowest BCUT2D eigenvalue weighted by molar-refractivity contribution is 0.0756. The molecule has 3 atom stereocenters. The van der Waals surface area contributed by atoms with E-state index in [4.69, 9.17) is 4.74 Å². The van der Waals surface area contributed by atoms with Crippen LogP contribution in [0.1, 0.15) is 29.0 Å². The van der Waals surface area contributed by atoms with Crippen LogP contribution in [-0.2, 0) is 0 Å². The maximum Gasteiger partial charge on any atom is 0.274 e. The van der Waals surface area contributed by atoms with Gasteiger partial charge in [-0.05, 0) is 37.8 Å². The van der Waals surface area contributed by atoms with Crippen LogP contribution >= 0.6 is 0 Å². The zero-order valence-electron chi connectivity index (χ0n) is 13.8. The first kappa shape index (κ1) is 15.1. The predicted molar refractivity (Wildman–Crippen MR) is 89.7 cm³/mol. The van der Waals surface area contributed by atoms with Crippen LogP contribution in [0.25, 0.3) is 0 Å². The minimum Gasteiger partial charge on any atom is -0.490 e. The van der Waals surface area contributed by atoms with Crippen LogP contribution in [0.15, 0.2) is 42.7 Å². The lowest BCUT2D eigenvalue weighted by atomic mass is 9.99. The summed E-state index contributed by atoms with van der Waals surface area (Å²) in [6.45, 7) is 3.41. The standard InChI is InChI=1S/C19H21N3O2/c1-13-9-21-17(10-20-13)19(23)22-11-14-7-8-18(16(14)12-22)24-15-5-3-2-4-6-15/h2-6,9-10,14,16,18H,7-8,11-12H2,1H3/t14-,16+,18-/m0/s1. The van der Waals surface area contributed by atoms with E-state index in [1.54, 1.807) is 12.4 Å². The van der Waals surface area contributed by atoms with Crippen LogP contribution in [-0.4, -0.2) is 40.0 Å². The molecular formula is C19H21N3O2. The number of likely N-dealkylation sites (tertiary alicyclic amines) is 1. The molecule has 24 heavy (non-hydrogen) atoms. The molecule has 1 aromatic carbocycles. The minimum atomic E-state index is -0.0182. The monoisotopic (exact) mass is 323 g/mol. The van der Waals surface area contributed by atoms with Gasteiger partial charge in [0.1, 0.15) is 17.5 Å². The van der Waals surface area contributed by atoms with E-state index in [2.05, 4.69) is 9.97 Å². The Morgan fingerprint density at radius 1 is 1.12 bits per heavy atom. The highest BCUT2D eigenvalue weighted by Gasteiger charge is 2.45. The molecule has 1 saturated heterocycles. The fraction of sp³-hybridized carbons (Fsp3) is 0.421. The number of carbonyl (C=O) groups excluding carboxylic acids is 1. The van der Waals surface area contributed by atoms with Gasteiger partial charge >= 0.3 is 0 Å². The van der Waals surface area contributed by atoms with Crippen molar-refractivity contribution in [2.75, 3.05) is 13.1 Å². The molecule has 0 radical (unpaired) electrons. The maximum atomic E-state index is 12.6. The van der Waals surface area contributed by atoms with E-state index in [-0.39, 0.29) is 12.0 Å². The molecule has 1 aliphatic heterocycles. The molecule has 0 unspecified atom stereocenters. The van der Waals surface area contributed by atoms with E-state index >= 15 is 0 Å². The number of fused-ring (bicyclic) bond motifs is 1. The Kier molecular flexibility index (Phi) is 3.92. The Labute approximate surface area is 141 Å². The van der Waals surface area contributed by atoms with Gasteiger partial charge in [-0.3, -0.25) is 9.78 Å². The Balaban J connectivity index is 1.44. The molecule has 1 amide bonds. The molecule has 2 fully saturated rings. The number of nitrogens with zero attached hydrogens (tertiary/aromatic N) is 3. The summed E-state index contributed by atoms with van der Waals surface area (Å²) in [6.07, 6.45) is 5.59. The van der Waals surface area contributed by atoms with Crippen molar-refractivity contribution in [2.45, 2.75) is 25.9 Å². The SMILES string of the molecule is Cc1cnc(C(=O)N2C[C@@H]3CC[C@H](Oc4ccccc4)[C@@H]3C2)cn1. The minimum absolute atomic E-state index is 0.0182. The van der Waals surface area contributed by atoms with E-state index in [1.807, 2.05) is 42.2 Å². The highest BCUT2D eigenvalue weighted by molar-refractivity contribution is 5.92. The molecule has 0 spiro atoms. The smallest absolute Gasteiger partial charge is 0.274 e. The van der Waals surface area contributed by atoms with Gasteiger partial charge in [-0.1, -0.05) is 18.2 Å². The Morgan fingerprint density at radius 3 is 2.71 bits per heavy atom. The Morgan fingerprint density at radius 2 is 1.96 bits per heavy atom. The number of ether oxygens (including phenoxy) is 1. The van der Waals surface area contributed by atoms with E-state index in [0.29, 0.717) is 17.5 Å². The molecular weight excluding hydrogens is 302 g/mol. The topological polar surface area (TPSA) is 55.3 Å². The number of hydrogen-bond acceptors (Lipinski definition) is 4. The van der Waals surface area contributed by atoms with Crippen LogP contribution in [0.3, 0.4) is 0 Å². The average Bonchev–Trinajstić information content (AvgIpc) is 3.18. The number of rotatable bonds is 3. The quantitative estimate of drug-likeness (QED) is 0.871. The summed E-state index contributed by atoms with van der Waals surface area (Å²) in [6, 6.07) is 9.95. The van der Waals surface area contributed by atoms with Gasteiger partial charge in [-0.2, -0.15) is 0 Å². The summed E-state index contributed by atoms with van der Waals surface area (Å²) in [7, 11) is 0. The van der Waals surface area contributed by atoms with E-state index in [9.17, 15) is 4.79 Å². The Bertz CT molecular complexity index is 717. The average molecular weight is 323 g/mol. The third-order valence-corrected chi connectivity index (χ3v) is 5.11. The largest absolute Gasteiger partial charge is 0.490 e. The van der Waals surface area contributed by atoms with Crippen LogP contribution in [0.4, 0.5) is 0 Å². The third-order valence-electron chi connectivity index (χ3n) is 5.11. The molecule has 2 heterocycles. The first-order valence-corrected chi connectivity index (χ1v) is 8.50. The number of para-hydroxylation sites is 1. The molecule has 124 valence electrons. The first-order valence-electron chi connectivity index (χ1n) is 8.50. The molecule has 1 aliphatic carbocycles. The second-order valence-electron chi connectivity index (χ2n) is 6.72. The summed E-state index contributed by atoms with van der Waals surface area (Å²) >= 11 is 0. The predicted octanol–water partition coefficient (Wildman–Crippen LogP) is 2.71. The summed E-state index contributed by atoms with van der Waals surface area (Å²) in [5.74, 6) is 1.83. The highest BCUT2D eigenvalue weighted by atomic mass is 16.5. The molecule has 5 nitrogen and oxygen atoms in total. The zero-order chi connectivity index (χ0) is 16.5. The molecule has 0 bridgehead atoms. The van der Waals surface area contributed by atoms with Gasteiger partial charge in [-0.25, -0.2) is 4.98 Å². The maximum absolute atomic E-state index is 12.6. The van der Waals surface area contributed by atoms with Gasteiger partial charge in [-0.15, -0.1) is 0 Å². The van der Waals surface area contributed by atoms with Crippen molar-refractivity contribution < 1.29 is 9.53 Å². The molecule has 5 heteroatoms. The van der Waals surface area contributed by atoms with Gasteiger partial charge in [0.2, 0.25) is 0 Å². The normalized spacial score (nSPS) is 25.5. The number of aromatic nitrogens is 2. The van der Waals surface area contributed by atoms with Crippen LogP contribution in [0.5, 0.6) is 5.75 Å². The van der Waals surface area contributed by atoms with Crippen molar-refractivity contribution in [1.29, 1.82) is 0 Å². The van der Waals surface area contributed by atoms with Crippen LogP contribution in [0, 0.1) is 18.8 Å². The number of hydrogen-bond donors (Lipinski definition) is 0. The van der Waals surface area contributed by atoms with Crippen molar-refractivity contribution >= 4 is 5.91 Å². The van der Waals surface area contributed by atoms with Crippen molar-refractivity contribution in [3.05, 3.63) is 54.1 Å². The number of benzene rings is 1. The molecule has 1 aromatic heterocycles. The summed E-state index contributed by atoms with van der Waals surface area (Å²) < 4.78 is 6.17. The second-order valence-corrected chi connectivity index (χ2v) is 6.72. The number of aryl methyl sites for hydroxylation is 1. The van der Waals surface area contributed by atoms with Crippen LogP contribution < -0.4 is 4.74 Å². The number of amides is 1. The van der Waals surface area contributed by atoms with Crippen molar-refractivity contribution in [1.82, 2.24) is 14.9 Å². The highest BCUT2D eigenvalue weighted by Crippen LogP contribution is 2.40. The van der Waals surface area contributed by atoms with Gasteiger partial charge in [0, 0.05) is 25.2 Å². The van der Waals surface area contributed by atoms with Crippen molar-refractivity contribution in [2.24, 2.45) is 11.8 Å². The fourth-order valence-electron chi connectivity index (χ4n) is 3.87. The van der Waals surface area contributed by atoms with Gasteiger partial charge in [0.25, 0.3) is 5.91 Å². The van der Waals surface area contributed by atoms with E-state index < -0.39 is 0 Å². The van der Waals surface area contributed by atoms with Crippen molar-refractivity contribution in [3.8, 4) is 5.75 Å². The lowest BCUT2D eigenvalue weighted by Crippen LogP contribution is -2.33. The fourth-order valence-corrected chi connectivity index (χ4v) is 3.87. The number of carbonyl (C=O) groups is 1. The molecule has 4 rings (SSSR count). The third kappa shape index (κ3) is 2.86. The zero-order valence-corrected chi connectivity index (χ0v) is 13.8. The van der Waals surface area contributed by atoms with Gasteiger partial charge in [0.05, 0.1) is 11.9 Å². The molecule has 2 aromatic rings. The first-order chi connectivity index (χ1) is 11.7. The summed E-state index contributed by atoms with van der Waals surface area (Å²) in [5.41, 5.74) is 1.25. The summed E-state index contributed by atoms with van der Waals surface area (Å²) in [4.78, 5) is 22.9. The lowest BCUT2D eigenvalue weighted by Gasteiger charge is -2.22. The molecule has 0 N–H and O–H groups in total. The van der Waals surface area contributed by atoms with Crippen molar-refractivity contribution in [3.63, 3.8) is 0 Å². The molecule has 2 aliphatic rings. The van der Waals surface area contributed by atoms with E-state index in [1.165, 1.54) is 0 Å². The summed E-state index contributed by atoms with van der Waals surface area (Å²) in [5, 5.41) is 0.